The highest BCUT2D eigenvalue weighted by atomic mass is 16.5. The number of amides is 1. The van der Waals surface area contributed by atoms with Crippen LogP contribution in [0.3, 0.4) is 0 Å². The number of aryl methyl sites for hydroxylation is 1. The summed E-state index contributed by atoms with van der Waals surface area (Å²) in [5, 5.41) is 0. The lowest BCUT2D eigenvalue weighted by Crippen LogP contribution is -2.38. The van der Waals surface area contributed by atoms with Gasteiger partial charge in [-0.15, -0.1) is 0 Å². The molecule has 1 fully saturated rings. The number of rotatable bonds is 6. The van der Waals surface area contributed by atoms with Crippen molar-refractivity contribution in [3.63, 3.8) is 0 Å². The van der Waals surface area contributed by atoms with Gasteiger partial charge in [0.25, 0.3) is 5.56 Å². The van der Waals surface area contributed by atoms with Crippen LogP contribution in [0.5, 0.6) is 0 Å². The van der Waals surface area contributed by atoms with Crippen LogP contribution in [-0.2, 0) is 16.1 Å². The Hall–Kier alpha value is -1.89. The van der Waals surface area contributed by atoms with Gasteiger partial charge in [0.15, 0.2) is 0 Å². The highest BCUT2D eigenvalue weighted by Gasteiger charge is 2.26. The normalized spacial score (nSPS) is 17.9. The predicted octanol–water partition coefficient (Wildman–Crippen LogP) is 0.120. The third kappa shape index (κ3) is 4.07. The topological polar surface area (TPSA) is 84.4 Å². The Morgan fingerprint density at radius 2 is 2.23 bits per heavy atom. The molecule has 1 saturated heterocycles. The van der Waals surface area contributed by atoms with E-state index >= 15 is 0 Å². The number of H-pyrrole nitrogens is 1. The van der Waals surface area contributed by atoms with Crippen LogP contribution in [-0.4, -0.2) is 46.7 Å². The smallest absolute Gasteiger partial charge is 0.328 e. The molecule has 1 aromatic heterocycles. The van der Waals surface area contributed by atoms with E-state index in [4.69, 9.17) is 4.74 Å². The maximum atomic E-state index is 12.3. The van der Waals surface area contributed by atoms with Crippen molar-refractivity contribution in [2.45, 2.75) is 33.2 Å². The van der Waals surface area contributed by atoms with Crippen molar-refractivity contribution in [3.8, 4) is 0 Å². The van der Waals surface area contributed by atoms with Gasteiger partial charge in [0.1, 0.15) is 6.54 Å². The van der Waals surface area contributed by atoms with Gasteiger partial charge in [0.05, 0.1) is 6.61 Å². The van der Waals surface area contributed by atoms with Gasteiger partial charge in [-0.1, -0.05) is 6.92 Å². The monoisotopic (exact) mass is 309 g/mol. The molecule has 0 saturated carbocycles. The molecule has 0 bridgehead atoms. The largest absolute Gasteiger partial charge is 0.381 e. The molecule has 1 aliphatic rings. The minimum atomic E-state index is -0.550. The van der Waals surface area contributed by atoms with Gasteiger partial charge in [-0.05, 0) is 19.8 Å². The zero-order valence-corrected chi connectivity index (χ0v) is 13.1. The lowest BCUT2D eigenvalue weighted by Gasteiger charge is -2.17. The second kappa shape index (κ2) is 7.40. The van der Waals surface area contributed by atoms with Gasteiger partial charge < -0.3 is 9.64 Å². The summed E-state index contributed by atoms with van der Waals surface area (Å²) in [6.07, 6.45) is 3.34. The highest BCUT2D eigenvalue weighted by Crippen LogP contribution is 2.17. The number of carbonyl (C=O) groups is 1. The molecule has 0 unspecified atom stereocenters. The SMILES string of the molecule is CCCOC[C@H]1CCN(C(=O)Cn2cc(C)c(=O)[nH]c2=O)C1. The highest BCUT2D eigenvalue weighted by molar-refractivity contribution is 5.76. The molecule has 1 atom stereocenters. The van der Waals surface area contributed by atoms with Crippen molar-refractivity contribution < 1.29 is 9.53 Å². The first-order chi connectivity index (χ1) is 10.5. The molecular formula is C15H23N3O4. The minimum Gasteiger partial charge on any atom is -0.381 e. The van der Waals surface area contributed by atoms with Crippen LogP contribution in [0.2, 0.25) is 0 Å². The number of aromatic amines is 1. The summed E-state index contributed by atoms with van der Waals surface area (Å²) in [4.78, 5) is 39.3. The summed E-state index contributed by atoms with van der Waals surface area (Å²) >= 11 is 0. The van der Waals surface area contributed by atoms with Crippen LogP contribution in [0.25, 0.3) is 0 Å². The van der Waals surface area contributed by atoms with E-state index in [2.05, 4.69) is 11.9 Å². The van der Waals surface area contributed by atoms with Crippen LogP contribution in [0.1, 0.15) is 25.3 Å². The molecule has 7 nitrogen and oxygen atoms in total. The first-order valence-electron chi connectivity index (χ1n) is 7.67. The fraction of sp³-hybridized carbons (Fsp3) is 0.667. The average Bonchev–Trinajstić information content (AvgIpc) is 2.94. The Labute approximate surface area is 128 Å². The first kappa shape index (κ1) is 16.5. The Kier molecular flexibility index (Phi) is 5.54. The fourth-order valence-electron chi connectivity index (χ4n) is 2.57. The van der Waals surface area contributed by atoms with E-state index < -0.39 is 11.2 Å². The van der Waals surface area contributed by atoms with Crippen LogP contribution in [0, 0.1) is 12.8 Å². The van der Waals surface area contributed by atoms with Crippen LogP contribution < -0.4 is 11.2 Å². The molecule has 2 heterocycles. The van der Waals surface area contributed by atoms with E-state index in [1.807, 2.05) is 0 Å². The number of likely N-dealkylation sites (tertiary alicyclic amines) is 1. The van der Waals surface area contributed by atoms with Gasteiger partial charge in [0, 0.05) is 37.4 Å². The van der Waals surface area contributed by atoms with E-state index in [9.17, 15) is 14.4 Å². The molecule has 1 amide bonds. The number of nitrogens with zero attached hydrogens (tertiary/aromatic N) is 2. The van der Waals surface area contributed by atoms with Gasteiger partial charge in [-0.3, -0.25) is 19.1 Å². The van der Waals surface area contributed by atoms with Crippen molar-refractivity contribution in [1.29, 1.82) is 0 Å². The standard InChI is InChI=1S/C15H23N3O4/c1-3-6-22-10-12-4-5-17(8-12)13(19)9-18-7-11(2)14(20)16-15(18)21/h7,12H,3-6,8-10H2,1-2H3,(H,16,20,21)/t12-/m0/s1. The Balaban J connectivity index is 1.92. The number of hydrogen-bond acceptors (Lipinski definition) is 4. The summed E-state index contributed by atoms with van der Waals surface area (Å²) in [7, 11) is 0. The second-order valence-electron chi connectivity index (χ2n) is 5.77. The second-order valence-corrected chi connectivity index (χ2v) is 5.77. The molecule has 0 aliphatic carbocycles. The minimum absolute atomic E-state index is 0.0427. The van der Waals surface area contributed by atoms with Crippen LogP contribution >= 0.6 is 0 Å². The van der Waals surface area contributed by atoms with E-state index in [0.29, 0.717) is 31.2 Å². The van der Waals surface area contributed by atoms with Crippen LogP contribution in [0.4, 0.5) is 0 Å². The number of aromatic nitrogens is 2. The van der Waals surface area contributed by atoms with Gasteiger partial charge in [-0.2, -0.15) is 0 Å². The van der Waals surface area contributed by atoms with E-state index in [1.54, 1.807) is 11.8 Å². The lowest BCUT2D eigenvalue weighted by molar-refractivity contribution is -0.131. The molecule has 7 heteroatoms. The number of nitrogens with one attached hydrogen (secondary N) is 1. The Morgan fingerprint density at radius 1 is 1.45 bits per heavy atom. The Morgan fingerprint density at radius 3 is 2.95 bits per heavy atom. The third-order valence-electron chi connectivity index (χ3n) is 3.84. The zero-order chi connectivity index (χ0) is 16.1. The maximum absolute atomic E-state index is 12.3. The molecule has 1 aromatic rings. The fourth-order valence-corrected chi connectivity index (χ4v) is 2.57. The number of carbonyl (C=O) groups excluding carboxylic acids is 1. The zero-order valence-electron chi connectivity index (χ0n) is 13.1. The van der Waals surface area contributed by atoms with E-state index in [-0.39, 0.29) is 12.5 Å². The van der Waals surface area contributed by atoms with Crippen molar-refractivity contribution in [1.82, 2.24) is 14.5 Å². The summed E-state index contributed by atoms with van der Waals surface area (Å²) < 4.78 is 6.78. The first-order valence-corrected chi connectivity index (χ1v) is 7.67. The van der Waals surface area contributed by atoms with Crippen molar-refractivity contribution in [3.05, 3.63) is 32.6 Å². The quantitative estimate of drug-likeness (QED) is 0.757. The molecule has 22 heavy (non-hydrogen) atoms. The predicted molar refractivity (Wildman–Crippen MR) is 81.9 cm³/mol. The molecule has 0 spiro atoms. The molecule has 122 valence electrons. The molecule has 2 rings (SSSR count). The van der Waals surface area contributed by atoms with Crippen molar-refractivity contribution >= 4 is 5.91 Å². The molecular weight excluding hydrogens is 286 g/mol. The van der Waals surface area contributed by atoms with Gasteiger partial charge in [0.2, 0.25) is 5.91 Å². The summed E-state index contributed by atoms with van der Waals surface area (Å²) in [6, 6.07) is 0. The van der Waals surface area contributed by atoms with Gasteiger partial charge >= 0.3 is 5.69 Å². The van der Waals surface area contributed by atoms with E-state index in [0.717, 1.165) is 19.4 Å². The maximum Gasteiger partial charge on any atom is 0.328 e. The van der Waals surface area contributed by atoms with Crippen molar-refractivity contribution in [2.75, 3.05) is 26.3 Å². The van der Waals surface area contributed by atoms with Crippen LogP contribution in [0.15, 0.2) is 15.8 Å². The molecule has 0 aromatic carbocycles. The molecule has 0 radical (unpaired) electrons. The summed E-state index contributed by atoms with van der Waals surface area (Å²) in [5.41, 5.74) is -0.548. The number of ether oxygens (including phenoxy) is 1. The summed E-state index contributed by atoms with van der Waals surface area (Å²) in [5.74, 6) is 0.260. The average molecular weight is 309 g/mol. The van der Waals surface area contributed by atoms with Crippen molar-refractivity contribution in [2.24, 2.45) is 5.92 Å². The molecule has 1 aliphatic heterocycles. The van der Waals surface area contributed by atoms with E-state index in [1.165, 1.54) is 10.8 Å². The molecule has 1 N–H and O–H groups in total. The Bertz CT molecular complexity index is 634. The third-order valence-corrected chi connectivity index (χ3v) is 3.84. The van der Waals surface area contributed by atoms with Gasteiger partial charge in [-0.25, -0.2) is 4.79 Å². The lowest BCUT2D eigenvalue weighted by atomic mass is 10.1. The summed E-state index contributed by atoms with van der Waals surface area (Å²) in [6.45, 7) is 6.41. The number of hydrogen-bond donors (Lipinski definition) is 1.